The van der Waals surface area contributed by atoms with E-state index in [0.29, 0.717) is 31.0 Å². The summed E-state index contributed by atoms with van der Waals surface area (Å²) in [5.74, 6) is 0.284. The highest BCUT2D eigenvalue weighted by Gasteiger charge is 2.11. The molecule has 0 aliphatic heterocycles. The number of nitrogens with zero attached hydrogens (tertiary/aromatic N) is 4. The molecule has 0 saturated heterocycles. The molecule has 3 heterocycles. The van der Waals surface area contributed by atoms with E-state index in [1.54, 1.807) is 34.0 Å². The molecule has 0 atom stereocenters. The molecule has 0 bridgehead atoms. The molecule has 3 aromatic heterocycles. The zero-order valence-electron chi connectivity index (χ0n) is 18.0. The molecule has 9 nitrogen and oxygen atoms in total. The van der Waals surface area contributed by atoms with Gasteiger partial charge in [0, 0.05) is 30.7 Å². The topological polar surface area (TPSA) is 124 Å². The molecule has 4 aromatic rings. The number of pyridine rings is 1. The van der Waals surface area contributed by atoms with Crippen LogP contribution in [0.25, 0.3) is 0 Å². The first kappa shape index (κ1) is 21.1. The second-order valence-electron chi connectivity index (χ2n) is 7.77. The van der Waals surface area contributed by atoms with Crippen molar-refractivity contribution in [1.82, 2.24) is 29.9 Å². The van der Waals surface area contributed by atoms with Crippen molar-refractivity contribution in [3.05, 3.63) is 98.9 Å². The fourth-order valence-corrected chi connectivity index (χ4v) is 3.59. The van der Waals surface area contributed by atoms with Crippen LogP contribution in [0, 0.1) is 13.8 Å². The van der Waals surface area contributed by atoms with E-state index in [-0.39, 0.29) is 11.5 Å². The van der Waals surface area contributed by atoms with Crippen LogP contribution in [-0.2, 0) is 19.6 Å². The van der Waals surface area contributed by atoms with Crippen molar-refractivity contribution in [3.63, 3.8) is 0 Å². The number of H-pyrrole nitrogens is 1. The summed E-state index contributed by atoms with van der Waals surface area (Å²) in [6.07, 6.45) is 5.01. The minimum atomic E-state index is -0.192. The highest BCUT2D eigenvalue weighted by Crippen LogP contribution is 2.15. The van der Waals surface area contributed by atoms with E-state index in [1.165, 1.54) is 6.07 Å². The lowest BCUT2D eigenvalue weighted by atomic mass is 10.1. The van der Waals surface area contributed by atoms with E-state index < -0.39 is 0 Å². The van der Waals surface area contributed by atoms with Crippen molar-refractivity contribution >= 4 is 11.7 Å². The number of aryl methyl sites for hydroxylation is 2. The van der Waals surface area contributed by atoms with Gasteiger partial charge in [-0.25, -0.2) is 4.98 Å². The van der Waals surface area contributed by atoms with Gasteiger partial charge in [-0.3, -0.25) is 24.1 Å². The number of nitrogens with one attached hydrogen (secondary N) is 2. The number of hydrogen-bond donors (Lipinski definition) is 3. The number of benzene rings is 1. The van der Waals surface area contributed by atoms with Crippen LogP contribution in [0.15, 0.2) is 59.8 Å². The molecule has 32 heavy (non-hydrogen) atoms. The first-order valence-electron chi connectivity index (χ1n) is 10.2. The minimum absolute atomic E-state index is 0.115. The molecule has 4 rings (SSSR count). The first-order chi connectivity index (χ1) is 15.4. The number of nitrogen functional groups attached to an aromatic ring is 1. The number of aromatic nitrogens is 5. The Hall–Kier alpha value is -4.14. The Balaban J connectivity index is 1.35. The van der Waals surface area contributed by atoms with Gasteiger partial charge in [0.2, 0.25) is 0 Å². The smallest absolute Gasteiger partial charge is 0.264 e. The molecule has 4 N–H and O–H groups in total. The number of carbonyl (C=O) groups is 1. The van der Waals surface area contributed by atoms with Gasteiger partial charge in [-0.15, -0.1) is 0 Å². The van der Waals surface area contributed by atoms with Crippen molar-refractivity contribution in [2.24, 2.45) is 0 Å². The van der Waals surface area contributed by atoms with Crippen molar-refractivity contribution in [2.45, 2.75) is 33.5 Å². The molecule has 9 heteroatoms. The van der Waals surface area contributed by atoms with Crippen LogP contribution in [0.1, 0.15) is 38.3 Å². The molecule has 0 unspecified atom stereocenters. The van der Waals surface area contributed by atoms with Gasteiger partial charge >= 0.3 is 0 Å². The molecule has 0 aliphatic rings. The van der Waals surface area contributed by atoms with Crippen LogP contribution in [0.2, 0.25) is 0 Å². The lowest BCUT2D eigenvalue weighted by molar-refractivity contribution is 0.0950. The van der Waals surface area contributed by atoms with E-state index in [2.05, 4.69) is 20.5 Å². The number of nitrogens with two attached hydrogens (primary N) is 1. The van der Waals surface area contributed by atoms with Gasteiger partial charge in [-0.2, -0.15) is 5.10 Å². The molecule has 0 spiro atoms. The third-order valence-electron chi connectivity index (χ3n) is 5.28. The number of carbonyl (C=O) groups excluding carboxylic acids is 1. The van der Waals surface area contributed by atoms with Gasteiger partial charge in [0.15, 0.2) is 0 Å². The summed E-state index contributed by atoms with van der Waals surface area (Å²) in [4.78, 5) is 28.0. The SMILES string of the molecule is Cc1cc(N)nc(C)c1CNC(=O)c1cnn(Cc2ccc(Cn3ccc(=O)[nH]3)cc2)c1. The molecular weight excluding hydrogens is 406 g/mol. The minimum Gasteiger partial charge on any atom is -0.384 e. The van der Waals surface area contributed by atoms with Crippen molar-refractivity contribution in [2.75, 3.05) is 5.73 Å². The van der Waals surface area contributed by atoms with Gasteiger partial charge in [-0.1, -0.05) is 24.3 Å². The van der Waals surface area contributed by atoms with Crippen molar-refractivity contribution < 1.29 is 4.79 Å². The second-order valence-corrected chi connectivity index (χ2v) is 7.77. The van der Waals surface area contributed by atoms with Crippen LogP contribution in [-0.4, -0.2) is 30.5 Å². The quantitative estimate of drug-likeness (QED) is 0.413. The molecule has 0 fully saturated rings. The average molecular weight is 432 g/mol. The van der Waals surface area contributed by atoms with E-state index in [0.717, 1.165) is 27.9 Å². The Morgan fingerprint density at radius 2 is 1.84 bits per heavy atom. The molecule has 1 amide bonds. The Morgan fingerprint density at radius 3 is 2.50 bits per heavy atom. The van der Waals surface area contributed by atoms with Crippen molar-refractivity contribution in [1.29, 1.82) is 0 Å². The Kier molecular flexibility index (Phi) is 5.89. The fraction of sp³-hybridized carbons (Fsp3) is 0.217. The third kappa shape index (κ3) is 4.94. The predicted octanol–water partition coefficient (Wildman–Crippen LogP) is 1.99. The molecule has 1 aromatic carbocycles. The summed E-state index contributed by atoms with van der Waals surface area (Å²) in [6.45, 7) is 5.36. The monoisotopic (exact) mass is 431 g/mol. The first-order valence-corrected chi connectivity index (χ1v) is 10.2. The van der Waals surface area contributed by atoms with E-state index in [4.69, 9.17) is 5.73 Å². The van der Waals surface area contributed by atoms with Gasteiger partial charge in [0.25, 0.3) is 11.5 Å². The van der Waals surface area contributed by atoms with E-state index in [9.17, 15) is 9.59 Å². The molecule has 0 saturated carbocycles. The zero-order chi connectivity index (χ0) is 22.7. The van der Waals surface area contributed by atoms with Crippen molar-refractivity contribution in [3.8, 4) is 0 Å². The van der Waals surface area contributed by atoms with Gasteiger partial charge < -0.3 is 11.1 Å². The number of anilines is 1. The maximum absolute atomic E-state index is 12.6. The molecule has 0 radical (unpaired) electrons. The molecule has 0 aliphatic carbocycles. The largest absolute Gasteiger partial charge is 0.384 e. The predicted molar refractivity (Wildman–Crippen MR) is 121 cm³/mol. The van der Waals surface area contributed by atoms with Crippen LogP contribution in [0.5, 0.6) is 0 Å². The lowest BCUT2D eigenvalue weighted by Crippen LogP contribution is -2.23. The highest BCUT2D eigenvalue weighted by atomic mass is 16.1. The van der Waals surface area contributed by atoms with E-state index in [1.807, 2.05) is 38.1 Å². The maximum atomic E-state index is 12.6. The molecular formula is C23H25N7O2. The summed E-state index contributed by atoms with van der Waals surface area (Å²) < 4.78 is 3.47. The van der Waals surface area contributed by atoms with Crippen LogP contribution >= 0.6 is 0 Å². The van der Waals surface area contributed by atoms with Crippen LogP contribution in [0.4, 0.5) is 5.82 Å². The Labute approximate surface area is 184 Å². The highest BCUT2D eigenvalue weighted by molar-refractivity contribution is 5.93. The summed E-state index contributed by atoms with van der Waals surface area (Å²) in [5.41, 5.74) is 11.0. The average Bonchev–Trinajstić information content (AvgIpc) is 3.37. The Bertz CT molecular complexity index is 1280. The van der Waals surface area contributed by atoms with Crippen LogP contribution < -0.4 is 16.6 Å². The van der Waals surface area contributed by atoms with E-state index >= 15 is 0 Å². The summed E-state index contributed by atoms with van der Waals surface area (Å²) in [6, 6.07) is 11.3. The molecule has 164 valence electrons. The fourth-order valence-electron chi connectivity index (χ4n) is 3.59. The number of amides is 1. The number of aromatic amines is 1. The number of rotatable bonds is 7. The lowest BCUT2D eigenvalue weighted by Gasteiger charge is -2.11. The Morgan fingerprint density at radius 1 is 1.12 bits per heavy atom. The summed E-state index contributed by atoms with van der Waals surface area (Å²) in [5, 5.41) is 9.96. The van der Waals surface area contributed by atoms with Gasteiger partial charge in [0.1, 0.15) is 5.82 Å². The standard InChI is InChI=1S/C23H25N7O2/c1-15-9-21(24)27-16(2)20(15)11-25-23(32)19-10-26-30(14-19)13-18-5-3-17(4-6-18)12-29-8-7-22(31)28-29/h3-10,14H,11-13H2,1-2H3,(H2,24,27)(H,25,32)(H,28,31). The summed E-state index contributed by atoms with van der Waals surface area (Å²) in [7, 11) is 0. The van der Waals surface area contributed by atoms with Crippen LogP contribution in [0.3, 0.4) is 0 Å². The van der Waals surface area contributed by atoms with Gasteiger partial charge in [-0.05, 0) is 42.2 Å². The van der Waals surface area contributed by atoms with Gasteiger partial charge in [0.05, 0.1) is 24.8 Å². The normalized spacial score (nSPS) is 10.9. The zero-order valence-corrected chi connectivity index (χ0v) is 18.0. The second kappa shape index (κ2) is 8.93. The third-order valence-corrected chi connectivity index (χ3v) is 5.28. The summed E-state index contributed by atoms with van der Waals surface area (Å²) >= 11 is 0. The maximum Gasteiger partial charge on any atom is 0.264 e. The number of hydrogen-bond acceptors (Lipinski definition) is 5.